The van der Waals surface area contributed by atoms with Gasteiger partial charge in [0, 0.05) is 12.1 Å². The van der Waals surface area contributed by atoms with Gasteiger partial charge >= 0.3 is 0 Å². The highest BCUT2D eigenvalue weighted by Crippen LogP contribution is 2.32. The molecule has 14 heavy (non-hydrogen) atoms. The first kappa shape index (κ1) is 11.0. The third-order valence-electron chi connectivity index (χ3n) is 2.13. The van der Waals surface area contributed by atoms with Gasteiger partial charge in [0.25, 0.3) is 0 Å². The molecule has 2 N–H and O–H groups in total. The molecule has 0 spiro atoms. The minimum absolute atomic E-state index is 0.0446. The fourth-order valence-electron chi connectivity index (χ4n) is 1.29. The summed E-state index contributed by atoms with van der Waals surface area (Å²) in [5.74, 6) is 0.574. The van der Waals surface area contributed by atoms with Crippen molar-refractivity contribution in [2.24, 2.45) is 5.73 Å². The van der Waals surface area contributed by atoms with Crippen LogP contribution in [0.5, 0.6) is 5.75 Å². The van der Waals surface area contributed by atoms with Gasteiger partial charge in [0.1, 0.15) is 11.4 Å². The lowest BCUT2D eigenvalue weighted by molar-refractivity contribution is 0.193. The smallest absolute Gasteiger partial charge is 0.148 e. The molecule has 3 heteroatoms. The zero-order chi connectivity index (χ0) is 10.6. The molecule has 0 bridgehead atoms. The van der Waals surface area contributed by atoms with Crippen LogP contribution in [0.2, 0.25) is 0 Å². The summed E-state index contributed by atoms with van der Waals surface area (Å²) < 4.78 is 19.3. The Bertz CT molecular complexity index is 299. The summed E-state index contributed by atoms with van der Waals surface area (Å²) in [6.45, 7) is 3.81. The second-order valence-corrected chi connectivity index (χ2v) is 3.33. The van der Waals surface area contributed by atoms with Gasteiger partial charge in [0.15, 0.2) is 0 Å². The first-order chi connectivity index (χ1) is 6.61. The molecule has 78 valence electrons. The zero-order valence-corrected chi connectivity index (χ0v) is 8.59. The predicted molar refractivity (Wildman–Crippen MR) is 55.1 cm³/mol. The fourth-order valence-corrected chi connectivity index (χ4v) is 1.29. The number of hydrogen-bond acceptors (Lipinski definition) is 2. The minimum atomic E-state index is -1.52. The second kappa shape index (κ2) is 4.42. The molecule has 0 aromatic heterocycles. The van der Waals surface area contributed by atoms with E-state index in [4.69, 9.17) is 10.5 Å². The lowest BCUT2D eigenvalue weighted by atomic mass is 9.97. The molecule has 2 nitrogen and oxygen atoms in total. The Morgan fingerprint density at radius 3 is 2.64 bits per heavy atom. The quantitative estimate of drug-likeness (QED) is 0.803. The number of nitrogens with two attached hydrogens (primary N) is 1. The van der Waals surface area contributed by atoms with Gasteiger partial charge in [0.05, 0.1) is 6.61 Å². The van der Waals surface area contributed by atoms with Crippen LogP contribution in [-0.4, -0.2) is 13.2 Å². The number of halogens is 1. The molecular formula is C11H16FNO. The Hall–Kier alpha value is -1.09. The molecule has 0 aliphatic heterocycles. The third-order valence-corrected chi connectivity index (χ3v) is 2.13. The monoisotopic (exact) mass is 197 g/mol. The molecule has 0 amide bonds. The maximum absolute atomic E-state index is 13.9. The topological polar surface area (TPSA) is 35.2 Å². The molecular weight excluding hydrogens is 181 g/mol. The van der Waals surface area contributed by atoms with Crippen LogP contribution < -0.4 is 10.5 Å². The summed E-state index contributed by atoms with van der Waals surface area (Å²) >= 11 is 0. The van der Waals surface area contributed by atoms with Gasteiger partial charge in [-0.05, 0) is 19.9 Å². The number of ether oxygens (including phenoxy) is 1. The van der Waals surface area contributed by atoms with Crippen molar-refractivity contribution in [3.8, 4) is 5.75 Å². The van der Waals surface area contributed by atoms with Crippen LogP contribution in [0.1, 0.15) is 19.4 Å². The number of hydrogen-bond donors (Lipinski definition) is 1. The SMILES string of the molecule is CCOc1ccccc1C(C)(F)CN. The average molecular weight is 197 g/mol. The molecule has 1 unspecified atom stereocenters. The van der Waals surface area contributed by atoms with Crippen LogP contribution in [0.3, 0.4) is 0 Å². The molecule has 1 aromatic rings. The van der Waals surface area contributed by atoms with E-state index in [0.29, 0.717) is 17.9 Å². The number of alkyl halides is 1. The van der Waals surface area contributed by atoms with Crippen molar-refractivity contribution in [2.45, 2.75) is 19.5 Å². The van der Waals surface area contributed by atoms with Gasteiger partial charge in [-0.1, -0.05) is 18.2 Å². The van der Waals surface area contributed by atoms with Crippen molar-refractivity contribution in [2.75, 3.05) is 13.2 Å². The van der Waals surface area contributed by atoms with Gasteiger partial charge in [-0.25, -0.2) is 4.39 Å². The molecule has 1 rings (SSSR count). The maximum atomic E-state index is 13.9. The van der Waals surface area contributed by atoms with E-state index in [1.165, 1.54) is 6.92 Å². The highest BCUT2D eigenvalue weighted by molar-refractivity contribution is 5.37. The Labute approximate surface area is 83.9 Å². The van der Waals surface area contributed by atoms with Crippen LogP contribution in [0.25, 0.3) is 0 Å². The first-order valence-electron chi connectivity index (χ1n) is 4.73. The molecule has 0 fully saturated rings. The predicted octanol–water partition coefficient (Wildman–Crippen LogP) is 2.23. The van der Waals surface area contributed by atoms with Gasteiger partial charge in [-0.15, -0.1) is 0 Å². The largest absolute Gasteiger partial charge is 0.493 e. The van der Waals surface area contributed by atoms with Gasteiger partial charge in [0.2, 0.25) is 0 Å². The Balaban J connectivity index is 3.06. The van der Waals surface area contributed by atoms with E-state index in [-0.39, 0.29) is 6.54 Å². The molecule has 0 aliphatic carbocycles. The van der Waals surface area contributed by atoms with E-state index in [1.807, 2.05) is 13.0 Å². The summed E-state index contributed by atoms with van der Waals surface area (Å²) in [5.41, 5.74) is 4.37. The van der Waals surface area contributed by atoms with Gasteiger partial charge < -0.3 is 10.5 Å². The summed E-state index contributed by atoms with van der Waals surface area (Å²) in [6, 6.07) is 7.07. The summed E-state index contributed by atoms with van der Waals surface area (Å²) in [6.07, 6.45) is 0. The van der Waals surface area contributed by atoms with Crippen LogP contribution in [0.15, 0.2) is 24.3 Å². The van der Waals surface area contributed by atoms with E-state index in [2.05, 4.69) is 0 Å². The van der Waals surface area contributed by atoms with Gasteiger partial charge in [-0.3, -0.25) is 0 Å². The van der Waals surface area contributed by atoms with Crippen molar-refractivity contribution >= 4 is 0 Å². The maximum Gasteiger partial charge on any atom is 0.148 e. The van der Waals surface area contributed by atoms with E-state index < -0.39 is 5.67 Å². The molecule has 1 aromatic carbocycles. The van der Waals surface area contributed by atoms with E-state index >= 15 is 0 Å². The summed E-state index contributed by atoms with van der Waals surface area (Å²) in [4.78, 5) is 0. The highest BCUT2D eigenvalue weighted by atomic mass is 19.1. The van der Waals surface area contributed by atoms with Crippen LogP contribution in [0.4, 0.5) is 4.39 Å². The number of para-hydroxylation sites is 1. The molecule has 1 atom stereocenters. The third kappa shape index (κ3) is 2.23. The number of benzene rings is 1. The van der Waals surface area contributed by atoms with Crippen molar-refractivity contribution in [3.63, 3.8) is 0 Å². The van der Waals surface area contributed by atoms with Crippen molar-refractivity contribution in [1.29, 1.82) is 0 Å². The highest BCUT2D eigenvalue weighted by Gasteiger charge is 2.27. The van der Waals surface area contributed by atoms with Crippen LogP contribution in [0, 0.1) is 0 Å². The van der Waals surface area contributed by atoms with Crippen LogP contribution >= 0.6 is 0 Å². The minimum Gasteiger partial charge on any atom is -0.493 e. The van der Waals surface area contributed by atoms with Crippen molar-refractivity contribution in [1.82, 2.24) is 0 Å². The Kier molecular flexibility index (Phi) is 3.47. The van der Waals surface area contributed by atoms with E-state index in [1.54, 1.807) is 18.2 Å². The lowest BCUT2D eigenvalue weighted by Gasteiger charge is -2.21. The van der Waals surface area contributed by atoms with Gasteiger partial charge in [-0.2, -0.15) is 0 Å². The van der Waals surface area contributed by atoms with Crippen molar-refractivity contribution < 1.29 is 9.13 Å². The normalized spacial score (nSPS) is 14.9. The average Bonchev–Trinajstić information content (AvgIpc) is 2.19. The zero-order valence-electron chi connectivity index (χ0n) is 8.59. The molecule has 0 saturated carbocycles. The first-order valence-corrected chi connectivity index (χ1v) is 4.73. The Morgan fingerprint density at radius 1 is 1.43 bits per heavy atom. The standard InChI is InChI=1S/C11H16FNO/c1-3-14-10-7-5-4-6-9(10)11(2,12)8-13/h4-7H,3,8,13H2,1-2H3. The summed E-state index contributed by atoms with van der Waals surface area (Å²) in [7, 11) is 0. The number of rotatable bonds is 4. The molecule has 0 aliphatic rings. The fraction of sp³-hybridized carbons (Fsp3) is 0.455. The summed E-state index contributed by atoms with van der Waals surface area (Å²) in [5, 5.41) is 0. The van der Waals surface area contributed by atoms with Crippen LogP contribution in [-0.2, 0) is 5.67 Å². The Morgan fingerprint density at radius 2 is 2.07 bits per heavy atom. The van der Waals surface area contributed by atoms with E-state index in [0.717, 1.165) is 0 Å². The molecule has 0 saturated heterocycles. The van der Waals surface area contributed by atoms with Crippen molar-refractivity contribution in [3.05, 3.63) is 29.8 Å². The molecule has 0 radical (unpaired) electrons. The second-order valence-electron chi connectivity index (χ2n) is 3.33. The lowest BCUT2D eigenvalue weighted by Crippen LogP contribution is -2.27. The molecule has 0 heterocycles. The van der Waals surface area contributed by atoms with E-state index in [9.17, 15) is 4.39 Å².